The van der Waals surface area contributed by atoms with Crippen LogP contribution in [-0.2, 0) is 0 Å². The summed E-state index contributed by atoms with van der Waals surface area (Å²) in [4.78, 5) is 4.41. The van der Waals surface area contributed by atoms with Crippen molar-refractivity contribution in [2.75, 3.05) is 13.1 Å². The van der Waals surface area contributed by atoms with E-state index in [1.807, 2.05) is 36.4 Å². The second-order valence-corrected chi connectivity index (χ2v) is 5.36. The summed E-state index contributed by atoms with van der Waals surface area (Å²) < 4.78 is 5.39. The first-order valence-electron chi connectivity index (χ1n) is 7.45. The number of aromatic hydroxyl groups is 1. The van der Waals surface area contributed by atoms with E-state index in [1.54, 1.807) is 18.2 Å². The average Bonchev–Trinajstić information content (AvgIpc) is 3.27. The Bertz CT molecular complexity index is 866. The highest BCUT2D eigenvalue weighted by Gasteiger charge is 2.11. The number of phenolic OH excluding ortho intramolecular Hbond substituents is 1. The molecule has 0 saturated carbocycles. The van der Waals surface area contributed by atoms with Crippen molar-refractivity contribution in [1.29, 1.82) is 0 Å². The molecule has 3 aromatic rings. The summed E-state index contributed by atoms with van der Waals surface area (Å²) in [6, 6.07) is 16.8. The van der Waals surface area contributed by atoms with Crippen LogP contribution >= 0.6 is 0 Å². The fourth-order valence-corrected chi connectivity index (χ4v) is 2.60. The van der Waals surface area contributed by atoms with E-state index in [0.717, 1.165) is 41.3 Å². The highest BCUT2D eigenvalue weighted by Crippen LogP contribution is 2.28. The molecule has 5 heteroatoms. The molecule has 1 aromatic heterocycles. The van der Waals surface area contributed by atoms with Crippen molar-refractivity contribution in [2.45, 2.75) is 0 Å². The lowest BCUT2D eigenvalue weighted by molar-refractivity contribution is 0.434. The standard InChI is InChI=1S/C18H15N3O2/c22-15-3-1-2-14(10-15)17-11-16(21-23-17)12-4-6-13(7-5-12)18-19-8-9-20-18/h1-7,10-11,22H,8-9H2,(H,19,20). The molecule has 2 N–H and O–H groups in total. The van der Waals surface area contributed by atoms with Gasteiger partial charge in [-0.2, -0.15) is 0 Å². The van der Waals surface area contributed by atoms with Crippen molar-refractivity contribution in [3.8, 4) is 28.3 Å². The molecule has 0 saturated heterocycles. The van der Waals surface area contributed by atoms with Crippen molar-refractivity contribution in [3.63, 3.8) is 0 Å². The van der Waals surface area contributed by atoms with Gasteiger partial charge in [-0.25, -0.2) is 0 Å². The molecule has 4 rings (SSSR count). The molecule has 5 nitrogen and oxygen atoms in total. The number of hydrogen-bond acceptors (Lipinski definition) is 5. The van der Waals surface area contributed by atoms with Crippen LogP contribution in [0.4, 0.5) is 0 Å². The number of benzene rings is 2. The van der Waals surface area contributed by atoms with Gasteiger partial charge in [-0.15, -0.1) is 0 Å². The minimum atomic E-state index is 0.203. The smallest absolute Gasteiger partial charge is 0.167 e. The van der Waals surface area contributed by atoms with Crippen LogP contribution in [0.15, 0.2) is 64.1 Å². The summed E-state index contributed by atoms with van der Waals surface area (Å²) in [5, 5.41) is 16.9. The number of nitrogens with zero attached hydrogens (tertiary/aromatic N) is 2. The fourth-order valence-electron chi connectivity index (χ4n) is 2.60. The minimum absolute atomic E-state index is 0.203. The number of amidine groups is 1. The van der Waals surface area contributed by atoms with Crippen LogP contribution in [0, 0.1) is 0 Å². The van der Waals surface area contributed by atoms with E-state index >= 15 is 0 Å². The average molecular weight is 305 g/mol. The Labute approximate surface area is 133 Å². The molecule has 2 heterocycles. The molecule has 1 aliphatic heterocycles. The van der Waals surface area contributed by atoms with Crippen LogP contribution in [0.25, 0.3) is 22.6 Å². The van der Waals surface area contributed by atoms with Crippen molar-refractivity contribution < 1.29 is 9.63 Å². The molecule has 0 amide bonds. The summed E-state index contributed by atoms with van der Waals surface area (Å²) in [7, 11) is 0. The molecule has 0 radical (unpaired) electrons. The maximum atomic E-state index is 9.55. The lowest BCUT2D eigenvalue weighted by atomic mass is 10.1. The van der Waals surface area contributed by atoms with Gasteiger partial charge in [-0.05, 0) is 12.1 Å². The van der Waals surface area contributed by atoms with Crippen LogP contribution < -0.4 is 5.32 Å². The van der Waals surface area contributed by atoms with Gasteiger partial charge >= 0.3 is 0 Å². The van der Waals surface area contributed by atoms with E-state index in [4.69, 9.17) is 4.52 Å². The van der Waals surface area contributed by atoms with Gasteiger partial charge in [0, 0.05) is 29.3 Å². The lowest BCUT2D eigenvalue weighted by Crippen LogP contribution is -2.19. The van der Waals surface area contributed by atoms with Gasteiger partial charge in [-0.1, -0.05) is 41.6 Å². The summed E-state index contributed by atoms with van der Waals surface area (Å²) >= 11 is 0. The summed E-state index contributed by atoms with van der Waals surface area (Å²) in [5.41, 5.74) is 3.60. The quantitative estimate of drug-likeness (QED) is 0.780. The highest BCUT2D eigenvalue weighted by atomic mass is 16.5. The topological polar surface area (TPSA) is 70.7 Å². The van der Waals surface area contributed by atoms with Crippen LogP contribution in [0.3, 0.4) is 0 Å². The molecule has 0 bridgehead atoms. The Balaban J connectivity index is 1.61. The Morgan fingerprint density at radius 2 is 1.78 bits per heavy atom. The Morgan fingerprint density at radius 3 is 2.52 bits per heavy atom. The first kappa shape index (κ1) is 13.6. The molecule has 1 aliphatic rings. The molecular weight excluding hydrogens is 290 g/mol. The number of hydrogen-bond donors (Lipinski definition) is 2. The first-order chi connectivity index (χ1) is 11.3. The van der Waals surface area contributed by atoms with Gasteiger partial charge in [0.1, 0.15) is 17.3 Å². The molecule has 0 atom stereocenters. The van der Waals surface area contributed by atoms with Crippen molar-refractivity contribution in [3.05, 3.63) is 60.2 Å². The molecule has 0 unspecified atom stereocenters. The Hall–Kier alpha value is -3.08. The second kappa shape index (κ2) is 5.61. The first-order valence-corrected chi connectivity index (χ1v) is 7.45. The van der Waals surface area contributed by atoms with E-state index in [9.17, 15) is 5.11 Å². The van der Waals surface area contributed by atoms with Gasteiger partial charge in [0.05, 0.1) is 6.54 Å². The lowest BCUT2D eigenvalue weighted by Gasteiger charge is -2.02. The number of nitrogens with one attached hydrogen (secondary N) is 1. The predicted molar refractivity (Wildman–Crippen MR) is 88.4 cm³/mol. The van der Waals surface area contributed by atoms with E-state index in [2.05, 4.69) is 15.5 Å². The van der Waals surface area contributed by atoms with Crippen LogP contribution in [0.5, 0.6) is 5.75 Å². The maximum Gasteiger partial charge on any atom is 0.167 e. The van der Waals surface area contributed by atoms with Crippen LogP contribution in [0.1, 0.15) is 5.56 Å². The molecule has 0 aliphatic carbocycles. The zero-order valence-corrected chi connectivity index (χ0v) is 12.4. The number of aliphatic imine (C=N–C) groups is 1. The summed E-state index contributed by atoms with van der Waals surface area (Å²) in [6.45, 7) is 1.72. The summed E-state index contributed by atoms with van der Waals surface area (Å²) in [6.07, 6.45) is 0. The minimum Gasteiger partial charge on any atom is -0.508 e. The zero-order valence-electron chi connectivity index (χ0n) is 12.4. The normalized spacial score (nSPS) is 13.7. The van der Waals surface area contributed by atoms with Gasteiger partial charge < -0.3 is 14.9 Å². The highest BCUT2D eigenvalue weighted by molar-refractivity contribution is 6.00. The largest absolute Gasteiger partial charge is 0.508 e. The van der Waals surface area contributed by atoms with E-state index in [1.165, 1.54) is 0 Å². The second-order valence-electron chi connectivity index (χ2n) is 5.36. The summed E-state index contributed by atoms with van der Waals surface area (Å²) in [5.74, 6) is 1.77. The molecule has 23 heavy (non-hydrogen) atoms. The van der Waals surface area contributed by atoms with Crippen molar-refractivity contribution >= 4 is 5.84 Å². The number of aromatic nitrogens is 1. The molecule has 0 spiro atoms. The van der Waals surface area contributed by atoms with Crippen molar-refractivity contribution in [2.24, 2.45) is 4.99 Å². The predicted octanol–water partition coefficient (Wildman–Crippen LogP) is 3.06. The molecule has 2 aromatic carbocycles. The van der Waals surface area contributed by atoms with Gasteiger partial charge in [0.2, 0.25) is 0 Å². The monoisotopic (exact) mass is 305 g/mol. The van der Waals surface area contributed by atoms with Gasteiger partial charge in [-0.3, -0.25) is 4.99 Å². The Kier molecular flexibility index (Phi) is 3.31. The third kappa shape index (κ3) is 2.68. The number of rotatable bonds is 3. The molecule has 114 valence electrons. The van der Waals surface area contributed by atoms with Crippen LogP contribution in [-0.4, -0.2) is 29.2 Å². The van der Waals surface area contributed by atoms with Gasteiger partial charge in [0.15, 0.2) is 5.76 Å². The maximum absolute atomic E-state index is 9.55. The third-order valence-corrected chi connectivity index (χ3v) is 3.77. The van der Waals surface area contributed by atoms with E-state index in [-0.39, 0.29) is 5.75 Å². The van der Waals surface area contributed by atoms with E-state index < -0.39 is 0 Å². The van der Waals surface area contributed by atoms with Crippen LogP contribution in [0.2, 0.25) is 0 Å². The number of phenols is 1. The molecular formula is C18H15N3O2. The van der Waals surface area contributed by atoms with Gasteiger partial charge in [0.25, 0.3) is 0 Å². The zero-order chi connectivity index (χ0) is 15.6. The SMILES string of the molecule is Oc1cccc(-c2cc(-c3ccc(C4=NCCN4)cc3)no2)c1. The molecule has 0 fully saturated rings. The van der Waals surface area contributed by atoms with Crippen molar-refractivity contribution in [1.82, 2.24) is 10.5 Å². The fraction of sp³-hybridized carbons (Fsp3) is 0.111. The third-order valence-electron chi connectivity index (χ3n) is 3.77. The Morgan fingerprint density at radius 1 is 0.957 bits per heavy atom. The van der Waals surface area contributed by atoms with E-state index in [0.29, 0.717) is 5.76 Å².